The first-order chi connectivity index (χ1) is 7.33. The molecule has 15 heavy (non-hydrogen) atoms. The summed E-state index contributed by atoms with van der Waals surface area (Å²) in [6.45, 7) is 0. The zero-order chi connectivity index (χ0) is 10.7. The summed E-state index contributed by atoms with van der Waals surface area (Å²) in [5.41, 5.74) is 1.66. The summed E-state index contributed by atoms with van der Waals surface area (Å²) in [4.78, 5) is 7.96. The summed E-state index contributed by atoms with van der Waals surface area (Å²) in [5, 5.41) is 0. The van der Waals surface area contributed by atoms with Gasteiger partial charge in [0.25, 0.3) is 0 Å². The van der Waals surface area contributed by atoms with Gasteiger partial charge in [0.15, 0.2) is 0 Å². The maximum Gasteiger partial charge on any atom is 0.132 e. The molecule has 1 heterocycles. The lowest BCUT2D eigenvalue weighted by Gasteiger charge is -2.06. The van der Waals surface area contributed by atoms with E-state index in [0.717, 1.165) is 5.56 Å². The zero-order valence-electron chi connectivity index (χ0n) is 7.82. The molecule has 0 aliphatic carbocycles. The highest BCUT2D eigenvalue weighted by atomic mass is 35.5. The highest BCUT2D eigenvalue weighted by Crippen LogP contribution is 2.25. The van der Waals surface area contributed by atoms with Crippen molar-refractivity contribution in [2.75, 3.05) is 0 Å². The van der Waals surface area contributed by atoms with Crippen LogP contribution in [0.3, 0.4) is 0 Å². The number of hydrogen-bond donors (Lipinski definition) is 0. The molecule has 1 aromatic heterocycles. The van der Waals surface area contributed by atoms with Crippen molar-refractivity contribution in [3.8, 4) is 11.3 Å². The molecule has 0 unspecified atom stereocenters. The molecule has 0 saturated carbocycles. The summed E-state index contributed by atoms with van der Waals surface area (Å²) in [7, 11) is 0. The Morgan fingerprint density at radius 3 is 2.80 bits per heavy atom. The van der Waals surface area contributed by atoms with Crippen LogP contribution in [0, 0.1) is 5.82 Å². The molecular weight excluding hydrogens is 215 g/mol. The predicted molar refractivity (Wildman–Crippen MR) is 57.0 cm³/mol. The van der Waals surface area contributed by atoms with Crippen molar-refractivity contribution in [2.24, 2.45) is 0 Å². The lowest BCUT2D eigenvalue weighted by atomic mass is 10.1. The molecule has 2 rings (SSSR count). The van der Waals surface area contributed by atoms with Crippen LogP contribution in [0.25, 0.3) is 11.3 Å². The Kier molecular flexibility index (Phi) is 2.92. The number of alkyl halides is 1. The van der Waals surface area contributed by atoms with E-state index in [4.69, 9.17) is 11.6 Å². The van der Waals surface area contributed by atoms with Crippen LogP contribution in [0.1, 0.15) is 5.56 Å². The van der Waals surface area contributed by atoms with E-state index in [9.17, 15) is 4.39 Å². The fourth-order valence-corrected chi connectivity index (χ4v) is 1.62. The van der Waals surface area contributed by atoms with Gasteiger partial charge in [-0.1, -0.05) is 12.1 Å². The SMILES string of the molecule is Fc1cccc(CCl)c1-c1cnccn1. The maximum atomic E-state index is 13.6. The lowest BCUT2D eigenvalue weighted by Crippen LogP contribution is -1.93. The molecule has 0 saturated heterocycles. The molecule has 0 atom stereocenters. The van der Waals surface area contributed by atoms with Crippen LogP contribution in [0.5, 0.6) is 0 Å². The Morgan fingerprint density at radius 2 is 2.13 bits per heavy atom. The zero-order valence-corrected chi connectivity index (χ0v) is 8.58. The van der Waals surface area contributed by atoms with Gasteiger partial charge in [0.1, 0.15) is 5.82 Å². The molecule has 0 radical (unpaired) electrons. The third-order valence-corrected chi connectivity index (χ3v) is 2.35. The van der Waals surface area contributed by atoms with Gasteiger partial charge in [-0.05, 0) is 11.6 Å². The smallest absolute Gasteiger partial charge is 0.132 e. The number of halogens is 2. The standard InChI is InChI=1S/C11H8ClFN2/c12-6-8-2-1-3-9(13)11(8)10-7-14-4-5-15-10/h1-5,7H,6H2. The summed E-state index contributed by atoms with van der Waals surface area (Å²) in [5.74, 6) is -0.0717. The van der Waals surface area contributed by atoms with Gasteiger partial charge in [-0.2, -0.15) is 0 Å². The minimum Gasteiger partial charge on any atom is -0.261 e. The molecule has 1 aromatic carbocycles. The number of benzene rings is 1. The lowest BCUT2D eigenvalue weighted by molar-refractivity contribution is 0.629. The number of rotatable bonds is 2. The molecule has 0 N–H and O–H groups in total. The van der Waals surface area contributed by atoms with Gasteiger partial charge < -0.3 is 0 Å². The number of aromatic nitrogens is 2. The Hall–Kier alpha value is -1.48. The second kappa shape index (κ2) is 4.36. The Labute approximate surface area is 91.8 Å². The van der Waals surface area contributed by atoms with E-state index in [1.165, 1.54) is 18.5 Å². The van der Waals surface area contributed by atoms with Crippen LogP contribution >= 0.6 is 11.6 Å². The molecule has 2 nitrogen and oxygen atoms in total. The molecule has 4 heteroatoms. The van der Waals surface area contributed by atoms with Gasteiger partial charge in [0.2, 0.25) is 0 Å². The largest absolute Gasteiger partial charge is 0.261 e. The van der Waals surface area contributed by atoms with Gasteiger partial charge >= 0.3 is 0 Å². The van der Waals surface area contributed by atoms with E-state index in [0.29, 0.717) is 11.3 Å². The second-order valence-corrected chi connectivity index (χ2v) is 3.27. The number of nitrogens with zero attached hydrogens (tertiary/aromatic N) is 2. The van der Waals surface area contributed by atoms with Gasteiger partial charge in [-0.3, -0.25) is 9.97 Å². The average Bonchev–Trinajstić information content (AvgIpc) is 2.29. The highest BCUT2D eigenvalue weighted by molar-refractivity contribution is 6.17. The van der Waals surface area contributed by atoms with E-state index < -0.39 is 0 Å². The summed E-state index contributed by atoms with van der Waals surface area (Å²) in [6.07, 6.45) is 4.60. The fourth-order valence-electron chi connectivity index (χ4n) is 1.40. The van der Waals surface area contributed by atoms with Crippen molar-refractivity contribution < 1.29 is 4.39 Å². The van der Waals surface area contributed by atoms with E-state index in [2.05, 4.69) is 9.97 Å². The topological polar surface area (TPSA) is 25.8 Å². The van der Waals surface area contributed by atoms with Gasteiger partial charge in [-0.15, -0.1) is 11.6 Å². The number of hydrogen-bond acceptors (Lipinski definition) is 2. The molecule has 2 aromatic rings. The first-order valence-corrected chi connectivity index (χ1v) is 4.96. The molecular formula is C11H8ClFN2. The van der Waals surface area contributed by atoms with E-state index in [1.807, 2.05) is 0 Å². The van der Waals surface area contributed by atoms with Gasteiger partial charge in [0.05, 0.1) is 11.9 Å². The van der Waals surface area contributed by atoms with Crippen LogP contribution in [-0.2, 0) is 5.88 Å². The molecule has 0 spiro atoms. The van der Waals surface area contributed by atoms with Crippen LogP contribution in [0.2, 0.25) is 0 Å². The Balaban J connectivity index is 2.61. The van der Waals surface area contributed by atoms with Crippen LogP contribution < -0.4 is 0 Å². The minimum absolute atomic E-state index is 0.254. The van der Waals surface area contributed by atoms with Crippen LogP contribution in [-0.4, -0.2) is 9.97 Å². The molecule has 0 amide bonds. The summed E-state index contributed by atoms with van der Waals surface area (Å²) < 4.78 is 13.6. The average molecular weight is 223 g/mol. The Morgan fingerprint density at radius 1 is 1.27 bits per heavy atom. The van der Waals surface area contributed by atoms with Crippen LogP contribution in [0.4, 0.5) is 4.39 Å². The third kappa shape index (κ3) is 1.97. The molecule has 0 fully saturated rings. The fraction of sp³-hybridized carbons (Fsp3) is 0.0909. The molecule has 0 bridgehead atoms. The third-order valence-electron chi connectivity index (χ3n) is 2.06. The summed E-state index contributed by atoms with van der Waals surface area (Å²) in [6, 6.07) is 4.80. The van der Waals surface area contributed by atoms with Crippen LogP contribution in [0.15, 0.2) is 36.8 Å². The van der Waals surface area contributed by atoms with Crippen molar-refractivity contribution in [1.82, 2.24) is 9.97 Å². The van der Waals surface area contributed by atoms with Crippen molar-refractivity contribution in [2.45, 2.75) is 5.88 Å². The minimum atomic E-state index is -0.325. The van der Waals surface area contributed by atoms with E-state index in [1.54, 1.807) is 18.3 Å². The normalized spacial score (nSPS) is 10.3. The molecule has 0 aliphatic rings. The molecule has 0 aliphatic heterocycles. The first kappa shape index (κ1) is 10.1. The second-order valence-electron chi connectivity index (χ2n) is 3.00. The highest BCUT2D eigenvalue weighted by Gasteiger charge is 2.10. The monoisotopic (exact) mass is 222 g/mol. The summed E-state index contributed by atoms with van der Waals surface area (Å²) >= 11 is 5.74. The van der Waals surface area contributed by atoms with Crippen molar-refractivity contribution >= 4 is 11.6 Å². The van der Waals surface area contributed by atoms with Gasteiger partial charge in [-0.25, -0.2) is 4.39 Å². The maximum absolute atomic E-state index is 13.6. The quantitative estimate of drug-likeness (QED) is 0.730. The van der Waals surface area contributed by atoms with Crippen molar-refractivity contribution in [3.05, 3.63) is 48.2 Å². The first-order valence-electron chi connectivity index (χ1n) is 4.42. The Bertz CT molecular complexity index is 459. The van der Waals surface area contributed by atoms with E-state index >= 15 is 0 Å². The van der Waals surface area contributed by atoms with Gasteiger partial charge in [0, 0.05) is 23.8 Å². The molecule has 76 valence electrons. The predicted octanol–water partition coefficient (Wildman–Crippen LogP) is 3.02. The van der Waals surface area contributed by atoms with Crippen molar-refractivity contribution in [3.63, 3.8) is 0 Å². The van der Waals surface area contributed by atoms with E-state index in [-0.39, 0.29) is 11.7 Å². The van der Waals surface area contributed by atoms with Crippen molar-refractivity contribution in [1.29, 1.82) is 0 Å².